The Bertz CT molecular complexity index is 196. The number of carboxylic acids is 1. The van der Waals surface area contributed by atoms with E-state index < -0.39 is 12.0 Å². The van der Waals surface area contributed by atoms with Gasteiger partial charge in [-0.15, -0.1) is 0 Å². The van der Waals surface area contributed by atoms with Crippen LogP contribution >= 0.6 is 0 Å². The van der Waals surface area contributed by atoms with E-state index in [9.17, 15) is 4.79 Å². The maximum absolute atomic E-state index is 10.5. The van der Waals surface area contributed by atoms with Gasteiger partial charge in [-0.1, -0.05) is 13.8 Å². The predicted molar refractivity (Wildman–Crippen MR) is 42.9 cm³/mol. The number of hydrogen-bond acceptors (Lipinski definition) is 2. The van der Waals surface area contributed by atoms with E-state index in [0.717, 1.165) is 12.1 Å². The molecule has 1 atom stereocenters. The molecule has 0 saturated heterocycles. The number of carboxylic acid groups (broad SMARTS) is 1. The molecule has 0 aliphatic carbocycles. The van der Waals surface area contributed by atoms with Crippen molar-refractivity contribution in [3.63, 3.8) is 0 Å². The standard InChI is InChI=1S/C8H13NO2/c1-5(2)6-3-4-7(9-6)8(10)11/h5,7H,3-4H2,1-2H3,(H,10,11). The van der Waals surface area contributed by atoms with Crippen LogP contribution in [0.1, 0.15) is 26.7 Å². The molecule has 0 radical (unpaired) electrons. The smallest absolute Gasteiger partial charge is 0.328 e. The van der Waals surface area contributed by atoms with Gasteiger partial charge in [0.25, 0.3) is 0 Å². The minimum absolute atomic E-state index is 0.402. The molecule has 1 aliphatic heterocycles. The van der Waals surface area contributed by atoms with Gasteiger partial charge in [-0.25, -0.2) is 4.79 Å². The summed E-state index contributed by atoms with van der Waals surface area (Å²) in [5.74, 6) is -0.389. The average Bonchev–Trinajstić information content (AvgIpc) is 2.33. The van der Waals surface area contributed by atoms with Crippen LogP contribution in [0.15, 0.2) is 4.99 Å². The van der Waals surface area contributed by atoms with Gasteiger partial charge in [0.1, 0.15) is 6.04 Å². The number of hydrogen-bond donors (Lipinski definition) is 1. The van der Waals surface area contributed by atoms with Gasteiger partial charge in [-0.05, 0) is 18.8 Å². The van der Waals surface area contributed by atoms with Crippen molar-refractivity contribution in [1.29, 1.82) is 0 Å². The van der Waals surface area contributed by atoms with E-state index in [1.165, 1.54) is 0 Å². The largest absolute Gasteiger partial charge is 0.480 e. The minimum Gasteiger partial charge on any atom is -0.480 e. The lowest BCUT2D eigenvalue weighted by Crippen LogP contribution is -2.13. The second-order valence-corrected chi connectivity index (χ2v) is 3.17. The van der Waals surface area contributed by atoms with Gasteiger partial charge >= 0.3 is 5.97 Å². The molecule has 0 aromatic rings. The Morgan fingerprint density at radius 2 is 2.36 bits per heavy atom. The van der Waals surface area contributed by atoms with Crippen molar-refractivity contribution in [2.24, 2.45) is 10.9 Å². The summed E-state index contributed by atoms with van der Waals surface area (Å²) >= 11 is 0. The van der Waals surface area contributed by atoms with Gasteiger partial charge in [0, 0.05) is 5.71 Å². The van der Waals surface area contributed by atoms with E-state index in [1.807, 2.05) is 13.8 Å². The highest BCUT2D eigenvalue weighted by Crippen LogP contribution is 2.17. The molecule has 1 unspecified atom stereocenters. The van der Waals surface area contributed by atoms with E-state index in [1.54, 1.807) is 0 Å². The molecule has 0 amide bonds. The van der Waals surface area contributed by atoms with E-state index in [0.29, 0.717) is 12.3 Å². The van der Waals surface area contributed by atoms with Crippen LogP contribution in [0.4, 0.5) is 0 Å². The van der Waals surface area contributed by atoms with Gasteiger partial charge in [0.05, 0.1) is 0 Å². The van der Waals surface area contributed by atoms with Crippen molar-refractivity contribution in [2.45, 2.75) is 32.7 Å². The fraction of sp³-hybridized carbons (Fsp3) is 0.750. The molecule has 0 aromatic carbocycles. The predicted octanol–water partition coefficient (Wildman–Crippen LogP) is 1.33. The molecule has 1 heterocycles. The maximum atomic E-state index is 10.5. The van der Waals surface area contributed by atoms with Crippen molar-refractivity contribution in [3.8, 4) is 0 Å². The second kappa shape index (κ2) is 3.03. The summed E-state index contributed by atoms with van der Waals surface area (Å²) < 4.78 is 0. The van der Waals surface area contributed by atoms with Crippen molar-refractivity contribution in [2.75, 3.05) is 0 Å². The van der Waals surface area contributed by atoms with Gasteiger partial charge in [0.2, 0.25) is 0 Å². The Labute approximate surface area is 66.1 Å². The van der Waals surface area contributed by atoms with Crippen molar-refractivity contribution in [1.82, 2.24) is 0 Å². The summed E-state index contributed by atoms with van der Waals surface area (Å²) in [4.78, 5) is 14.6. The fourth-order valence-corrected chi connectivity index (χ4v) is 1.23. The summed E-state index contributed by atoms with van der Waals surface area (Å²) in [5, 5.41) is 8.61. The SMILES string of the molecule is CC(C)C1=NC(C(=O)O)CC1. The third-order valence-corrected chi connectivity index (χ3v) is 1.95. The Hall–Kier alpha value is -0.860. The Morgan fingerprint density at radius 3 is 2.64 bits per heavy atom. The number of aliphatic carboxylic acids is 1. The van der Waals surface area contributed by atoms with Crippen LogP contribution in [0.2, 0.25) is 0 Å². The number of rotatable bonds is 2. The molecule has 0 bridgehead atoms. The first kappa shape index (κ1) is 8.24. The molecule has 62 valence electrons. The van der Waals surface area contributed by atoms with Gasteiger partial charge in [0.15, 0.2) is 0 Å². The van der Waals surface area contributed by atoms with Gasteiger partial charge in [-0.2, -0.15) is 0 Å². The number of aliphatic imine (C=N–C) groups is 1. The molecular formula is C8H13NO2. The molecule has 3 heteroatoms. The molecule has 3 nitrogen and oxygen atoms in total. The Morgan fingerprint density at radius 1 is 1.73 bits per heavy atom. The second-order valence-electron chi connectivity index (χ2n) is 3.17. The Kier molecular flexibility index (Phi) is 2.27. The zero-order chi connectivity index (χ0) is 8.43. The highest BCUT2D eigenvalue weighted by atomic mass is 16.4. The summed E-state index contributed by atoms with van der Waals surface area (Å²) in [7, 11) is 0. The van der Waals surface area contributed by atoms with Gasteiger partial charge < -0.3 is 5.11 Å². The summed E-state index contributed by atoms with van der Waals surface area (Å²) in [6.45, 7) is 4.09. The normalized spacial score (nSPS) is 23.9. The topological polar surface area (TPSA) is 49.7 Å². The third-order valence-electron chi connectivity index (χ3n) is 1.95. The monoisotopic (exact) mass is 155 g/mol. The molecule has 0 spiro atoms. The Balaban J connectivity index is 2.61. The van der Waals surface area contributed by atoms with Crippen LogP contribution < -0.4 is 0 Å². The first-order chi connectivity index (χ1) is 5.11. The zero-order valence-electron chi connectivity index (χ0n) is 6.87. The van der Waals surface area contributed by atoms with Crippen LogP contribution in [0, 0.1) is 5.92 Å². The van der Waals surface area contributed by atoms with E-state index >= 15 is 0 Å². The maximum Gasteiger partial charge on any atom is 0.328 e. The zero-order valence-corrected chi connectivity index (χ0v) is 6.87. The highest BCUT2D eigenvalue weighted by Gasteiger charge is 2.24. The van der Waals surface area contributed by atoms with Crippen molar-refractivity contribution in [3.05, 3.63) is 0 Å². The molecule has 0 saturated carbocycles. The van der Waals surface area contributed by atoms with Crippen LogP contribution in [-0.2, 0) is 4.79 Å². The molecular weight excluding hydrogens is 142 g/mol. The quantitative estimate of drug-likeness (QED) is 0.654. The van der Waals surface area contributed by atoms with Crippen LogP contribution in [-0.4, -0.2) is 22.8 Å². The lowest BCUT2D eigenvalue weighted by atomic mass is 10.1. The first-order valence-corrected chi connectivity index (χ1v) is 3.90. The fourth-order valence-electron chi connectivity index (χ4n) is 1.23. The summed E-state index contributed by atoms with van der Waals surface area (Å²) in [5.41, 5.74) is 1.05. The van der Waals surface area contributed by atoms with Crippen LogP contribution in [0.3, 0.4) is 0 Å². The summed E-state index contributed by atoms with van der Waals surface area (Å²) in [6.07, 6.45) is 1.54. The number of carbonyl (C=O) groups is 1. The minimum atomic E-state index is -0.791. The molecule has 0 fully saturated rings. The lowest BCUT2D eigenvalue weighted by molar-refractivity contribution is -0.138. The third kappa shape index (κ3) is 1.79. The lowest BCUT2D eigenvalue weighted by Gasteiger charge is -2.00. The molecule has 11 heavy (non-hydrogen) atoms. The van der Waals surface area contributed by atoms with Crippen molar-refractivity contribution < 1.29 is 9.90 Å². The van der Waals surface area contributed by atoms with Gasteiger partial charge in [-0.3, -0.25) is 4.99 Å². The molecule has 1 N–H and O–H groups in total. The highest BCUT2D eigenvalue weighted by molar-refractivity contribution is 5.91. The first-order valence-electron chi connectivity index (χ1n) is 3.90. The number of nitrogens with zero attached hydrogens (tertiary/aromatic N) is 1. The average molecular weight is 155 g/mol. The van der Waals surface area contributed by atoms with E-state index in [4.69, 9.17) is 5.11 Å². The van der Waals surface area contributed by atoms with E-state index in [-0.39, 0.29) is 0 Å². The molecule has 0 aromatic heterocycles. The molecule has 1 aliphatic rings. The summed E-state index contributed by atoms with van der Waals surface area (Å²) in [6, 6.07) is -0.465. The van der Waals surface area contributed by atoms with Crippen molar-refractivity contribution >= 4 is 11.7 Å². The van der Waals surface area contributed by atoms with Crippen LogP contribution in [0.5, 0.6) is 0 Å². The van der Waals surface area contributed by atoms with E-state index in [2.05, 4.69) is 4.99 Å². The van der Waals surface area contributed by atoms with Crippen LogP contribution in [0.25, 0.3) is 0 Å². The molecule has 1 rings (SSSR count).